The van der Waals surface area contributed by atoms with Crippen molar-refractivity contribution in [2.75, 3.05) is 0 Å². The van der Waals surface area contributed by atoms with Crippen LogP contribution in [0.2, 0.25) is 0 Å². The van der Waals surface area contributed by atoms with Gasteiger partial charge in [-0.25, -0.2) is 4.79 Å². The van der Waals surface area contributed by atoms with E-state index in [1.165, 1.54) is 0 Å². The highest BCUT2D eigenvalue weighted by Gasteiger charge is 2.18. The van der Waals surface area contributed by atoms with Gasteiger partial charge in [0.2, 0.25) is 0 Å². The first-order valence-corrected chi connectivity index (χ1v) is 4.46. The van der Waals surface area contributed by atoms with Crippen LogP contribution in [0.1, 0.15) is 16.8 Å². The number of rotatable bonds is 4. The number of carboxylic acids is 1. The molecule has 17 heavy (non-hydrogen) atoms. The SMILES string of the molecule is N#CCCn1cc([N+](=O)[O-])cc(C(=O)O)c1=O. The number of carboxylic acid groups (broad SMARTS) is 1. The quantitative estimate of drug-likeness (QED) is 0.595. The number of nitriles is 1. The van der Waals surface area contributed by atoms with Crippen molar-refractivity contribution >= 4 is 11.7 Å². The molecular formula is C9H7N3O5. The molecule has 1 aromatic rings. The molecule has 0 saturated heterocycles. The van der Waals surface area contributed by atoms with Gasteiger partial charge in [0.25, 0.3) is 11.2 Å². The standard InChI is InChI=1S/C9H7N3O5/c10-2-1-3-11-5-6(12(16)17)4-7(8(11)13)9(14)15/h4-5H,1,3H2,(H,14,15). The number of hydrogen-bond acceptors (Lipinski definition) is 5. The molecule has 0 bridgehead atoms. The minimum absolute atomic E-state index is 0.0415. The van der Waals surface area contributed by atoms with Gasteiger partial charge in [0, 0.05) is 12.6 Å². The zero-order valence-corrected chi connectivity index (χ0v) is 8.49. The van der Waals surface area contributed by atoms with Gasteiger partial charge in [-0.2, -0.15) is 5.26 Å². The zero-order chi connectivity index (χ0) is 13.0. The van der Waals surface area contributed by atoms with Crippen LogP contribution in [0.5, 0.6) is 0 Å². The molecule has 1 rings (SSSR count). The number of aromatic carboxylic acids is 1. The monoisotopic (exact) mass is 237 g/mol. The molecule has 0 amide bonds. The molecule has 1 heterocycles. The number of aryl methyl sites for hydroxylation is 1. The van der Waals surface area contributed by atoms with Gasteiger partial charge in [-0.05, 0) is 0 Å². The summed E-state index contributed by atoms with van der Waals surface area (Å²) in [6.07, 6.45) is 0.881. The highest BCUT2D eigenvalue weighted by Crippen LogP contribution is 2.10. The summed E-state index contributed by atoms with van der Waals surface area (Å²) in [5, 5.41) is 27.6. The van der Waals surface area contributed by atoms with Gasteiger partial charge in [0.15, 0.2) is 0 Å². The number of nitro groups is 1. The predicted octanol–water partition coefficient (Wildman–Crippen LogP) is 0.368. The topological polar surface area (TPSA) is 126 Å². The highest BCUT2D eigenvalue weighted by molar-refractivity contribution is 5.87. The minimum Gasteiger partial charge on any atom is -0.477 e. The van der Waals surface area contributed by atoms with E-state index in [4.69, 9.17) is 10.4 Å². The lowest BCUT2D eigenvalue weighted by Crippen LogP contribution is -2.26. The summed E-state index contributed by atoms with van der Waals surface area (Å²) in [5.74, 6) is -1.54. The number of nitrogens with zero attached hydrogens (tertiary/aromatic N) is 3. The second-order valence-electron chi connectivity index (χ2n) is 3.08. The molecule has 0 radical (unpaired) electrons. The van der Waals surface area contributed by atoms with Crippen molar-refractivity contribution < 1.29 is 14.8 Å². The molecule has 0 aliphatic heterocycles. The Hall–Kier alpha value is -2.69. The van der Waals surface area contributed by atoms with Crippen molar-refractivity contribution in [1.29, 1.82) is 5.26 Å². The third-order valence-corrected chi connectivity index (χ3v) is 1.98. The second kappa shape index (κ2) is 4.89. The summed E-state index contributed by atoms with van der Waals surface area (Å²) in [6, 6.07) is 2.47. The third-order valence-electron chi connectivity index (χ3n) is 1.98. The van der Waals surface area contributed by atoms with Gasteiger partial charge in [-0.1, -0.05) is 0 Å². The van der Waals surface area contributed by atoms with Gasteiger partial charge < -0.3 is 9.67 Å². The predicted molar refractivity (Wildman–Crippen MR) is 54.5 cm³/mol. The van der Waals surface area contributed by atoms with E-state index in [0.29, 0.717) is 6.07 Å². The average molecular weight is 237 g/mol. The van der Waals surface area contributed by atoms with Crippen LogP contribution in [0.25, 0.3) is 0 Å². The molecule has 88 valence electrons. The molecule has 1 N–H and O–H groups in total. The lowest BCUT2D eigenvalue weighted by atomic mass is 10.2. The van der Waals surface area contributed by atoms with Crippen molar-refractivity contribution in [3.63, 3.8) is 0 Å². The normalized spacial score (nSPS) is 9.59. The summed E-state index contributed by atoms with van der Waals surface area (Å²) in [7, 11) is 0. The summed E-state index contributed by atoms with van der Waals surface area (Å²) >= 11 is 0. The smallest absolute Gasteiger partial charge is 0.341 e. The Morgan fingerprint density at radius 1 is 1.65 bits per heavy atom. The number of hydrogen-bond donors (Lipinski definition) is 1. The second-order valence-corrected chi connectivity index (χ2v) is 3.08. The van der Waals surface area contributed by atoms with Crippen LogP contribution in [0, 0.1) is 21.4 Å². The first-order chi connectivity index (χ1) is 7.97. The molecule has 0 aliphatic carbocycles. The molecule has 1 aromatic heterocycles. The van der Waals surface area contributed by atoms with Gasteiger partial charge in [-0.3, -0.25) is 14.9 Å². The summed E-state index contributed by atoms with van der Waals surface area (Å²) in [6.45, 7) is -0.0860. The van der Waals surface area contributed by atoms with E-state index < -0.39 is 27.7 Å². The van der Waals surface area contributed by atoms with Crippen LogP contribution in [0.4, 0.5) is 5.69 Å². The van der Waals surface area contributed by atoms with E-state index in [1.54, 1.807) is 6.07 Å². The van der Waals surface area contributed by atoms with E-state index in [2.05, 4.69) is 0 Å². The van der Waals surface area contributed by atoms with Crippen molar-refractivity contribution in [1.82, 2.24) is 4.57 Å². The molecule has 0 spiro atoms. The van der Waals surface area contributed by atoms with Crippen molar-refractivity contribution in [3.05, 3.63) is 38.3 Å². The first-order valence-electron chi connectivity index (χ1n) is 4.46. The van der Waals surface area contributed by atoms with Crippen molar-refractivity contribution in [2.24, 2.45) is 0 Å². The maximum atomic E-state index is 11.5. The largest absolute Gasteiger partial charge is 0.477 e. The zero-order valence-electron chi connectivity index (χ0n) is 8.49. The Morgan fingerprint density at radius 2 is 2.29 bits per heavy atom. The van der Waals surface area contributed by atoms with Crippen LogP contribution in [-0.4, -0.2) is 20.6 Å². The summed E-state index contributed by atoms with van der Waals surface area (Å²) in [5.41, 5.74) is -2.05. The van der Waals surface area contributed by atoms with Crippen molar-refractivity contribution in [2.45, 2.75) is 13.0 Å². The van der Waals surface area contributed by atoms with E-state index in [0.717, 1.165) is 10.8 Å². The number of carbonyl (C=O) groups is 1. The summed E-state index contributed by atoms with van der Waals surface area (Å²) in [4.78, 5) is 32.0. The van der Waals surface area contributed by atoms with Crippen LogP contribution in [0.3, 0.4) is 0 Å². The Morgan fingerprint density at radius 3 is 2.76 bits per heavy atom. The Kier molecular flexibility index (Phi) is 3.56. The van der Waals surface area contributed by atoms with E-state index in [9.17, 15) is 19.7 Å². The highest BCUT2D eigenvalue weighted by atomic mass is 16.6. The molecule has 8 heteroatoms. The lowest BCUT2D eigenvalue weighted by molar-refractivity contribution is -0.385. The van der Waals surface area contributed by atoms with Crippen LogP contribution >= 0.6 is 0 Å². The van der Waals surface area contributed by atoms with Gasteiger partial charge >= 0.3 is 5.97 Å². The number of aromatic nitrogens is 1. The number of pyridine rings is 1. The van der Waals surface area contributed by atoms with E-state index in [1.807, 2.05) is 0 Å². The molecular weight excluding hydrogens is 230 g/mol. The molecule has 0 unspecified atom stereocenters. The molecule has 0 aliphatic rings. The first kappa shape index (κ1) is 12.4. The van der Waals surface area contributed by atoms with Crippen LogP contribution in [-0.2, 0) is 6.54 Å². The summed E-state index contributed by atoms with van der Waals surface area (Å²) < 4.78 is 0.852. The maximum Gasteiger partial charge on any atom is 0.341 e. The van der Waals surface area contributed by atoms with Gasteiger partial charge in [0.05, 0.1) is 23.6 Å². The fourth-order valence-electron chi connectivity index (χ4n) is 1.21. The Bertz CT molecular complexity index is 569. The minimum atomic E-state index is -1.54. The Balaban J connectivity index is 3.39. The maximum absolute atomic E-state index is 11.5. The lowest BCUT2D eigenvalue weighted by Gasteiger charge is -2.03. The van der Waals surface area contributed by atoms with Gasteiger partial charge in [-0.15, -0.1) is 0 Å². The van der Waals surface area contributed by atoms with Crippen LogP contribution in [0.15, 0.2) is 17.1 Å². The molecule has 8 nitrogen and oxygen atoms in total. The molecule has 0 fully saturated rings. The van der Waals surface area contributed by atoms with E-state index >= 15 is 0 Å². The van der Waals surface area contributed by atoms with Gasteiger partial charge in [0.1, 0.15) is 5.56 Å². The Labute approximate surface area is 94.5 Å². The molecule has 0 saturated carbocycles. The molecule has 0 atom stereocenters. The third kappa shape index (κ3) is 2.66. The van der Waals surface area contributed by atoms with E-state index in [-0.39, 0.29) is 13.0 Å². The fraction of sp³-hybridized carbons (Fsp3) is 0.222. The van der Waals surface area contributed by atoms with Crippen molar-refractivity contribution in [3.8, 4) is 6.07 Å². The average Bonchev–Trinajstić information content (AvgIpc) is 2.26. The fourth-order valence-corrected chi connectivity index (χ4v) is 1.21. The molecule has 0 aromatic carbocycles. The van der Waals surface area contributed by atoms with Crippen LogP contribution < -0.4 is 5.56 Å².